The maximum atomic E-state index is 15.3. The third-order valence-corrected chi connectivity index (χ3v) is 6.89. The van der Waals surface area contributed by atoms with Crippen LogP contribution in [0, 0.1) is 5.82 Å². The van der Waals surface area contributed by atoms with Crippen LogP contribution in [-0.4, -0.2) is 73.9 Å². The zero-order valence-electron chi connectivity index (χ0n) is 23.8. The Morgan fingerprint density at radius 3 is 2.66 bits per heavy atom. The number of nitrogens with zero attached hydrogens (tertiary/aromatic N) is 7. The van der Waals surface area contributed by atoms with Gasteiger partial charge in [0, 0.05) is 42.7 Å². The first-order chi connectivity index (χ1) is 21.4. The van der Waals surface area contributed by atoms with Gasteiger partial charge in [0.25, 0.3) is 0 Å². The maximum Gasteiger partial charge on any atom is 0.316 e. The third kappa shape index (κ3) is 5.90. The molecule has 44 heavy (non-hydrogen) atoms. The van der Waals surface area contributed by atoms with Crippen molar-refractivity contribution in [3.63, 3.8) is 0 Å². The smallest absolute Gasteiger partial charge is 0.316 e. The Bertz CT molecular complexity index is 1830. The number of methoxy groups -OCH3 is 2. The highest BCUT2D eigenvalue weighted by Gasteiger charge is 2.27. The third-order valence-electron chi connectivity index (χ3n) is 6.89. The van der Waals surface area contributed by atoms with Crippen LogP contribution in [0.2, 0.25) is 0 Å². The van der Waals surface area contributed by atoms with Gasteiger partial charge in [-0.15, -0.1) is 5.10 Å². The van der Waals surface area contributed by atoms with Gasteiger partial charge < -0.3 is 29.2 Å². The minimum absolute atomic E-state index is 0.141. The normalized spacial score (nSPS) is 14.3. The van der Waals surface area contributed by atoms with Crippen molar-refractivity contribution in [3.05, 3.63) is 79.8 Å². The highest BCUT2D eigenvalue weighted by molar-refractivity contribution is 5.93. The van der Waals surface area contributed by atoms with E-state index < -0.39 is 5.82 Å². The molecule has 0 radical (unpaired) electrons. The second-order valence-corrected chi connectivity index (χ2v) is 9.65. The van der Waals surface area contributed by atoms with E-state index in [2.05, 4.69) is 36.9 Å². The molecular formula is C30H27FN8O5. The van der Waals surface area contributed by atoms with Crippen molar-refractivity contribution in [3.8, 4) is 34.8 Å². The first-order valence-corrected chi connectivity index (χ1v) is 13.5. The van der Waals surface area contributed by atoms with Crippen molar-refractivity contribution in [2.45, 2.75) is 12.5 Å². The first kappa shape index (κ1) is 28.3. The summed E-state index contributed by atoms with van der Waals surface area (Å²) in [4.78, 5) is 30.5. The zero-order valence-corrected chi connectivity index (χ0v) is 23.8. The van der Waals surface area contributed by atoms with E-state index in [-0.39, 0.29) is 35.3 Å². The highest BCUT2D eigenvalue weighted by Crippen LogP contribution is 2.37. The average Bonchev–Trinajstić information content (AvgIpc) is 3.72. The molecule has 0 bridgehead atoms. The lowest BCUT2D eigenvalue weighted by atomic mass is 10.2. The fourth-order valence-electron chi connectivity index (χ4n) is 4.70. The standard InChI is InChI=1S/C30H27FN8O5/c1-4-28(40)38-9-7-20(16-38)43-26-12-21-24(13-25(26)41-2)34-17-35-29(21)36-23-6-5-19(11-22(23)31)44-27-8-10-39(37-27)18-14-32-30(42-3)33-15-18/h4-6,8,10-15,17,20H,1,7,9,16H2,2-3H3,(H,34,35,36)/t20-/m1/s1. The summed E-state index contributed by atoms with van der Waals surface area (Å²) in [6, 6.07) is 9.74. The average molecular weight is 599 g/mol. The minimum atomic E-state index is -0.569. The second kappa shape index (κ2) is 12.2. The molecule has 0 spiro atoms. The van der Waals surface area contributed by atoms with Crippen LogP contribution in [0.15, 0.2) is 74.0 Å². The number of aromatic nitrogens is 6. The van der Waals surface area contributed by atoms with Gasteiger partial charge in [-0.1, -0.05) is 6.58 Å². The molecule has 1 saturated heterocycles. The monoisotopic (exact) mass is 598 g/mol. The van der Waals surface area contributed by atoms with Gasteiger partial charge >= 0.3 is 6.01 Å². The number of anilines is 2. The van der Waals surface area contributed by atoms with Crippen molar-refractivity contribution < 1.29 is 28.1 Å². The summed E-state index contributed by atoms with van der Waals surface area (Å²) in [5.74, 6) is 1.09. The van der Waals surface area contributed by atoms with Gasteiger partial charge in [0.05, 0.1) is 44.4 Å². The number of ether oxygens (including phenoxy) is 4. The Balaban J connectivity index is 1.19. The topological polar surface area (TPSA) is 139 Å². The first-order valence-electron chi connectivity index (χ1n) is 13.5. The molecule has 0 unspecified atom stereocenters. The summed E-state index contributed by atoms with van der Waals surface area (Å²) in [7, 11) is 3.02. The van der Waals surface area contributed by atoms with E-state index in [4.69, 9.17) is 18.9 Å². The number of hydrogen-bond donors (Lipinski definition) is 1. The van der Waals surface area contributed by atoms with Crippen LogP contribution in [0.25, 0.3) is 16.6 Å². The molecule has 224 valence electrons. The summed E-state index contributed by atoms with van der Waals surface area (Å²) >= 11 is 0. The molecule has 0 aliphatic carbocycles. The van der Waals surface area contributed by atoms with Crippen LogP contribution in [0.4, 0.5) is 15.9 Å². The summed E-state index contributed by atoms with van der Waals surface area (Å²) < 4.78 is 39.3. The number of amides is 1. The van der Waals surface area contributed by atoms with Crippen LogP contribution in [-0.2, 0) is 4.79 Å². The highest BCUT2D eigenvalue weighted by atomic mass is 19.1. The molecule has 1 aliphatic rings. The van der Waals surface area contributed by atoms with Crippen molar-refractivity contribution in [1.29, 1.82) is 0 Å². The Kier molecular flexibility index (Phi) is 7.86. The van der Waals surface area contributed by atoms with E-state index in [1.54, 1.807) is 47.8 Å². The van der Waals surface area contributed by atoms with Gasteiger partial charge in [-0.25, -0.2) is 29.0 Å². The van der Waals surface area contributed by atoms with E-state index in [9.17, 15) is 4.79 Å². The zero-order chi connectivity index (χ0) is 30.6. The minimum Gasteiger partial charge on any atom is -0.493 e. The quantitative estimate of drug-likeness (QED) is 0.228. The summed E-state index contributed by atoms with van der Waals surface area (Å²) in [6.45, 7) is 4.55. The number of nitrogens with one attached hydrogen (secondary N) is 1. The van der Waals surface area contributed by atoms with Gasteiger partial charge in [0.15, 0.2) is 11.5 Å². The molecule has 5 aromatic rings. The molecule has 1 N–H and O–H groups in total. The van der Waals surface area contributed by atoms with Crippen LogP contribution < -0.4 is 24.3 Å². The van der Waals surface area contributed by atoms with E-state index in [1.165, 1.54) is 43.4 Å². The Morgan fingerprint density at radius 2 is 1.91 bits per heavy atom. The molecule has 1 atom stereocenters. The molecule has 4 heterocycles. The molecule has 6 rings (SSSR count). The molecule has 1 fully saturated rings. The summed E-state index contributed by atoms with van der Waals surface area (Å²) in [5.41, 5.74) is 1.34. The lowest BCUT2D eigenvalue weighted by molar-refractivity contribution is -0.125. The molecule has 1 amide bonds. The number of hydrogen-bond acceptors (Lipinski definition) is 11. The molecule has 3 aromatic heterocycles. The molecular weight excluding hydrogens is 571 g/mol. The van der Waals surface area contributed by atoms with Crippen molar-refractivity contribution in [2.75, 3.05) is 32.6 Å². The van der Waals surface area contributed by atoms with Crippen LogP contribution in [0.5, 0.6) is 29.1 Å². The lowest BCUT2D eigenvalue weighted by Crippen LogP contribution is -2.29. The largest absolute Gasteiger partial charge is 0.493 e. The Labute approximate surface area is 250 Å². The number of likely N-dealkylation sites (tertiary alicyclic amines) is 1. The molecule has 13 nitrogen and oxygen atoms in total. The fourth-order valence-corrected chi connectivity index (χ4v) is 4.70. The lowest BCUT2D eigenvalue weighted by Gasteiger charge is -2.18. The molecule has 14 heteroatoms. The molecule has 2 aromatic carbocycles. The fraction of sp³-hybridized carbons (Fsp3) is 0.200. The number of carbonyl (C=O) groups excluding carboxylic acids is 1. The van der Waals surface area contributed by atoms with E-state index in [1.807, 2.05) is 0 Å². The van der Waals surface area contributed by atoms with Gasteiger partial charge in [-0.3, -0.25) is 4.79 Å². The van der Waals surface area contributed by atoms with E-state index >= 15 is 4.39 Å². The number of benzene rings is 2. The predicted octanol–water partition coefficient (Wildman–Crippen LogP) is 4.46. The molecule has 0 saturated carbocycles. The maximum absolute atomic E-state index is 15.3. The van der Waals surface area contributed by atoms with Crippen LogP contribution in [0.3, 0.4) is 0 Å². The van der Waals surface area contributed by atoms with Crippen molar-refractivity contribution >= 4 is 28.3 Å². The molecule has 1 aliphatic heterocycles. The van der Waals surface area contributed by atoms with Crippen molar-refractivity contribution in [2.24, 2.45) is 0 Å². The number of fused-ring (bicyclic) bond motifs is 1. The van der Waals surface area contributed by atoms with Gasteiger partial charge in [-0.2, -0.15) is 0 Å². The van der Waals surface area contributed by atoms with Crippen LogP contribution in [0.1, 0.15) is 6.42 Å². The van der Waals surface area contributed by atoms with E-state index in [0.29, 0.717) is 53.4 Å². The van der Waals surface area contributed by atoms with Crippen LogP contribution >= 0.6 is 0 Å². The van der Waals surface area contributed by atoms with Gasteiger partial charge in [0.2, 0.25) is 11.8 Å². The van der Waals surface area contributed by atoms with Gasteiger partial charge in [-0.05, 0) is 24.3 Å². The Hall–Kier alpha value is -5.79. The van der Waals surface area contributed by atoms with Crippen molar-refractivity contribution in [1.82, 2.24) is 34.6 Å². The van der Waals surface area contributed by atoms with E-state index in [0.717, 1.165) is 0 Å². The SMILES string of the molecule is C=CC(=O)N1CC[C@@H](Oc2cc3c(Nc4ccc(Oc5ccn(-c6cnc(OC)nc6)n5)cc4F)ncnc3cc2OC)C1. The Morgan fingerprint density at radius 1 is 1.07 bits per heavy atom. The summed E-state index contributed by atoms with van der Waals surface area (Å²) in [6.07, 6.45) is 7.88. The second-order valence-electron chi connectivity index (χ2n) is 9.65. The number of rotatable bonds is 10. The predicted molar refractivity (Wildman–Crippen MR) is 157 cm³/mol. The number of halogens is 1. The summed E-state index contributed by atoms with van der Waals surface area (Å²) in [5, 5.41) is 7.97. The van der Waals surface area contributed by atoms with Gasteiger partial charge in [0.1, 0.15) is 35.5 Å². The number of carbonyl (C=O) groups is 1.